The molecule has 6 nitrogen and oxygen atoms in total. The first-order valence-corrected chi connectivity index (χ1v) is 11.7. The number of rotatable bonds is 5. The van der Waals surface area contributed by atoms with Crippen molar-refractivity contribution in [2.45, 2.75) is 50.6 Å². The number of hydrogen-bond donors (Lipinski definition) is 2. The second kappa shape index (κ2) is 10.6. The minimum absolute atomic E-state index is 0.0288. The molecule has 174 valence electrons. The predicted octanol–water partition coefficient (Wildman–Crippen LogP) is 3.54. The molecule has 0 unspecified atom stereocenters. The van der Waals surface area contributed by atoms with Crippen molar-refractivity contribution in [2.24, 2.45) is 5.92 Å². The summed E-state index contributed by atoms with van der Waals surface area (Å²) in [5.41, 5.74) is 0.680. The molecule has 1 aliphatic carbocycles. The number of hydrogen-bond acceptors (Lipinski definition) is 3. The summed E-state index contributed by atoms with van der Waals surface area (Å²) in [7, 11) is 0. The summed E-state index contributed by atoms with van der Waals surface area (Å²) in [5.74, 6) is -1.20. The molecule has 33 heavy (non-hydrogen) atoms. The highest BCUT2D eigenvalue weighted by molar-refractivity contribution is 5.95. The molecule has 1 saturated heterocycles. The Bertz CT molecular complexity index is 989. The molecule has 2 atom stereocenters. The molecular formula is C26H30FN3O3. The highest BCUT2D eigenvalue weighted by Gasteiger charge is 2.33. The Morgan fingerprint density at radius 2 is 1.39 bits per heavy atom. The summed E-state index contributed by atoms with van der Waals surface area (Å²) in [5, 5.41) is 6.26. The molecule has 2 aliphatic rings. The minimum Gasteiger partial charge on any atom is -0.351 e. The van der Waals surface area contributed by atoms with Gasteiger partial charge in [-0.3, -0.25) is 14.4 Å². The summed E-state index contributed by atoms with van der Waals surface area (Å²) in [6, 6.07) is 14.9. The van der Waals surface area contributed by atoms with Gasteiger partial charge in [-0.2, -0.15) is 0 Å². The molecule has 2 aromatic carbocycles. The van der Waals surface area contributed by atoms with Gasteiger partial charge in [0, 0.05) is 36.7 Å². The van der Waals surface area contributed by atoms with E-state index >= 15 is 0 Å². The summed E-state index contributed by atoms with van der Waals surface area (Å²) in [6.45, 7) is 0.841. The summed E-state index contributed by atoms with van der Waals surface area (Å²) in [4.78, 5) is 39.8. The molecular weight excluding hydrogens is 421 g/mol. The maximum absolute atomic E-state index is 14.0. The molecule has 1 heterocycles. The van der Waals surface area contributed by atoms with Gasteiger partial charge in [0.2, 0.25) is 5.91 Å². The Hall–Kier alpha value is -3.22. The van der Waals surface area contributed by atoms with Gasteiger partial charge < -0.3 is 15.5 Å². The standard InChI is InChI=1S/C26H30FN3O3/c27-21-11-5-4-10-20(21)26(33)30-16-14-19(15-17-30)25(32)29-23-13-7-6-12-22(23)28-24(31)18-8-2-1-3-9-18/h1-5,8-11,19,22-23H,6-7,12-17H2,(H,28,31)(H,29,32)/t22-,23-/m1/s1. The third-order valence-corrected chi connectivity index (χ3v) is 6.70. The Labute approximate surface area is 193 Å². The van der Waals surface area contributed by atoms with E-state index in [2.05, 4.69) is 10.6 Å². The van der Waals surface area contributed by atoms with Crippen molar-refractivity contribution in [3.8, 4) is 0 Å². The maximum atomic E-state index is 14.0. The number of benzene rings is 2. The van der Waals surface area contributed by atoms with Crippen LogP contribution in [-0.4, -0.2) is 47.8 Å². The van der Waals surface area contributed by atoms with Gasteiger partial charge in [0.15, 0.2) is 0 Å². The first kappa shape index (κ1) is 23.0. The molecule has 4 rings (SSSR count). The van der Waals surface area contributed by atoms with Crippen molar-refractivity contribution < 1.29 is 18.8 Å². The fraction of sp³-hybridized carbons (Fsp3) is 0.423. The lowest BCUT2D eigenvalue weighted by molar-refractivity contribution is -0.127. The lowest BCUT2D eigenvalue weighted by Crippen LogP contribution is -2.55. The smallest absolute Gasteiger partial charge is 0.256 e. The van der Waals surface area contributed by atoms with E-state index in [1.165, 1.54) is 12.1 Å². The quantitative estimate of drug-likeness (QED) is 0.730. The first-order chi connectivity index (χ1) is 16.0. The van der Waals surface area contributed by atoms with Crippen LogP contribution in [0.5, 0.6) is 0 Å². The number of carbonyl (C=O) groups is 3. The predicted molar refractivity (Wildman–Crippen MR) is 123 cm³/mol. The molecule has 3 amide bonds. The van der Waals surface area contributed by atoms with Gasteiger partial charge in [0.25, 0.3) is 11.8 Å². The zero-order valence-electron chi connectivity index (χ0n) is 18.6. The van der Waals surface area contributed by atoms with E-state index in [1.807, 2.05) is 18.2 Å². The van der Waals surface area contributed by atoms with Crippen molar-refractivity contribution >= 4 is 17.7 Å². The molecule has 1 saturated carbocycles. The van der Waals surface area contributed by atoms with E-state index in [0.29, 0.717) is 31.5 Å². The highest BCUT2D eigenvalue weighted by Crippen LogP contribution is 2.23. The van der Waals surface area contributed by atoms with Gasteiger partial charge in [-0.25, -0.2) is 4.39 Å². The lowest BCUT2D eigenvalue weighted by Gasteiger charge is -2.36. The van der Waals surface area contributed by atoms with Crippen LogP contribution in [0.3, 0.4) is 0 Å². The van der Waals surface area contributed by atoms with Gasteiger partial charge in [-0.05, 0) is 49.9 Å². The minimum atomic E-state index is -0.525. The van der Waals surface area contributed by atoms with Crippen molar-refractivity contribution in [1.29, 1.82) is 0 Å². The number of carbonyl (C=O) groups excluding carboxylic acids is 3. The van der Waals surface area contributed by atoms with Crippen LogP contribution < -0.4 is 10.6 Å². The van der Waals surface area contributed by atoms with Crippen molar-refractivity contribution in [3.63, 3.8) is 0 Å². The molecule has 2 aromatic rings. The largest absolute Gasteiger partial charge is 0.351 e. The third kappa shape index (κ3) is 5.59. The fourth-order valence-corrected chi connectivity index (χ4v) is 4.77. The van der Waals surface area contributed by atoms with E-state index in [4.69, 9.17) is 0 Å². The van der Waals surface area contributed by atoms with Crippen molar-refractivity contribution in [2.75, 3.05) is 13.1 Å². The van der Waals surface area contributed by atoms with Gasteiger partial charge in [-0.1, -0.05) is 43.2 Å². The normalized spacial score (nSPS) is 21.3. The lowest BCUT2D eigenvalue weighted by atomic mass is 9.88. The Balaban J connectivity index is 1.30. The van der Waals surface area contributed by atoms with Crippen LogP contribution in [0.1, 0.15) is 59.2 Å². The Kier molecular flexibility index (Phi) is 7.37. The SMILES string of the molecule is O=C(N[C@@H]1CCCC[C@H]1NC(=O)C1CCN(C(=O)c2ccccc2F)CC1)c1ccccc1. The zero-order chi connectivity index (χ0) is 23.2. The molecule has 2 fully saturated rings. The Morgan fingerprint density at radius 1 is 0.788 bits per heavy atom. The monoisotopic (exact) mass is 451 g/mol. The van der Waals surface area contributed by atoms with Gasteiger partial charge in [-0.15, -0.1) is 0 Å². The number of likely N-dealkylation sites (tertiary alicyclic amines) is 1. The van der Waals surface area contributed by atoms with Crippen molar-refractivity contribution in [3.05, 3.63) is 71.5 Å². The van der Waals surface area contributed by atoms with E-state index in [9.17, 15) is 18.8 Å². The van der Waals surface area contributed by atoms with Crippen LogP contribution in [-0.2, 0) is 4.79 Å². The fourth-order valence-electron chi connectivity index (χ4n) is 4.77. The Morgan fingerprint density at radius 3 is 2.06 bits per heavy atom. The van der Waals surface area contributed by atoms with Gasteiger partial charge >= 0.3 is 0 Å². The first-order valence-electron chi connectivity index (χ1n) is 11.7. The molecule has 0 bridgehead atoms. The van der Waals surface area contributed by atoms with Crippen molar-refractivity contribution in [1.82, 2.24) is 15.5 Å². The van der Waals surface area contributed by atoms with Gasteiger partial charge in [0.05, 0.1) is 5.56 Å². The number of nitrogens with zero attached hydrogens (tertiary/aromatic N) is 1. The summed E-state index contributed by atoms with van der Waals surface area (Å²) < 4.78 is 14.0. The van der Waals surface area contributed by atoms with Crippen LogP contribution in [0.25, 0.3) is 0 Å². The highest BCUT2D eigenvalue weighted by atomic mass is 19.1. The summed E-state index contributed by atoms with van der Waals surface area (Å²) in [6.07, 6.45) is 4.77. The van der Waals surface area contributed by atoms with E-state index in [1.54, 1.807) is 29.2 Å². The van der Waals surface area contributed by atoms with Crippen LogP contribution in [0.4, 0.5) is 4.39 Å². The zero-order valence-corrected chi connectivity index (χ0v) is 18.6. The average Bonchev–Trinajstić information content (AvgIpc) is 2.85. The van der Waals surface area contributed by atoms with Gasteiger partial charge in [0.1, 0.15) is 5.82 Å². The maximum Gasteiger partial charge on any atom is 0.256 e. The molecule has 0 spiro atoms. The topological polar surface area (TPSA) is 78.5 Å². The number of amides is 3. The molecule has 2 N–H and O–H groups in total. The van der Waals surface area contributed by atoms with E-state index < -0.39 is 5.82 Å². The number of nitrogens with one attached hydrogen (secondary N) is 2. The molecule has 0 radical (unpaired) electrons. The van der Waals surface area contributed by atoms with Crippen LogP contribution in [0.2, 0.25) is 0 Å². The van der Waals surface area contributed by atoms with E-state index in [-0.39, 0.29) is 41.3 Å². The average molecular weight is 452 g/mol. The van der Waals surface area contributed by atoms with E-state index in [0.717, 1.165) is 25.7 Å². The molecule has 0 aromatic heterocycles. The molecule has 7 heteroatoms. The number of halogens is 1. The summed E-state index contributed by atoms with van der Waals surface area (Å²) >= 11 is 0. The van der Waals surface area contributed by atoms with Crippen LogP contribution >= 0.6 is 0 Å². The molecule has 1 aliphatic heterocycles. The second-order valence-electron chi connectivity index (χ2n) is 8.89. The number of piperidine rings is 1. The second-order valence-corrected chi connectivity index (χ2v) is 8.89. The third-order valence-electron chi connectivity index (χ3n) is 6.70. The van der Waals surface area contributed by atoms with Crippen LogP contribution in [0.15, 0.2) is 54.6 Å². The van der Waals surface area contributed by atoms with Crippen LogP contribution in [0, 0.1) is 11.7 Å².